The molecule has 1 heterocycles. The summed E-state index contributed by atoms with van der Waals surface area (Å²) in [5.74, 6) is 1.10. The summed E-state index contributed by atoms with van der Waals surface area (Å²) in [5.41, 5.74) is -0.0653. The first-order valence-electron chi connectivity index (χ1n) is 4.08. The van der Waals surface area contributed by atoms with Crippen LogP contribution in [0.25, 0.3) is 0 Å². The Hall–Kier alpha value is -1.89. The predicted octanol–water partition coefficient (Wildman–Crippen LogP) is 0.974. The maximum absolute atomic E-state index is 12.9. The lowest BCUT2D eigenvalue weighted by Crippen LogP contribution is -2.25. The van der Waals surface area contributed by atoms with E-state index in [4.69, 9.17) is 6.42 Å². The monoisotopic (exact) mass is 192 g/mol. The van der Waals surface area contributed by atoms with E-state index in [2.05, 4.69) is 16.2 Å². The summed E-state index contributed by atoms with van der Waals surface area (Å²) in [6, 6.07) is 2.87. The second kappa shape index (κ2) is 4.97. The van der Waals surface area contributed by atoms with Gasteiger partial charge in [-0.3, -0.25) is 4.79 Å². The van der Waals surface area contributed by atoms with Crippen LogP contribution in [0.15, 0.2) is 18.3 Å². The van der Waals surface area contributed by atoms with Crippen molar-refractivity contribution in [2.24, 2.45) is 0 Å². The van der Waals surface area contributed by atoms with E-state index in [1.807, 2.05) is 0 Å². The van der Waals surface area contributed by atoms with Gasteiger partial charge >= 0.3 is 0 Å². The molecule has 1 N–H and O–H groups in total. The van der Waals surface area contributed by atoms with Crippen LogP contribution in [0.4, 0.5) is 4.39 Å². The smallest absolute Gasteiger partial charge is 0.255 e. The maximum atomic E-state index is 12.9. The zero-order valence-corrected chi connectivity index (χ0v) is 7.46. The van der Waals surface area contributed by atoms with Crippen LogP contribution in [0.1, 0.15) is 16.8 Å². The third-order valence-corrected chi connectivity index (χ3v) is 1.56. The molecule has 0 unspecified atom stereocenters. The number of nitrogens with one attached hydrogen (secondary N) is 1. The van der Waals surface area contributed by atoms with Gasteiger partial charge in [0.2, 0.25) is 5.95 Å². The number of pyridine rings is 1. The molecule has 0 aliphatic carbocycles. The van der Waals surface area contributed by atoms with Gasteiger partial charge in [-0.2, -0.15) is 4.39 Å². The van der Waals surface area contributed by atoms with Crippen molar-refractivity contribution in [3.63, 3.8) is 0 Å². The highest BCUT2D eigenvalue weighted by Crippen LogP contribution is 2.02. The molecule has 0 radical (unpaired) electrons. The van der Waals surface area contributed by atoms with E-state index in [9.17, 15) is 9.18 Å². The number of rotatable bonds is 3. The summed E-state index contributed by atoms with van der Waals surface area (Å²) in [6.45, 7) is 0.337. The van der Waals surface area contributed by atoms with E-state index < -0.39 is 11.9 Å². The van der Waals surface area contributed by atoms with Crippen molar-refractivity contribution in [2.75, 3.05) is 6.54 Å². The summed E-state index contributed by atoms with van der Waals surface area (Å²) in [7, 11) is 0. The van der Waals surface area contributed by atoms with Gasteiger partial charge in [-0.15, -0.1) is 12.3 Å². The molecule has 4 heteroatoms. The van der Waals surface area contributed by atoms with Gasteiger partial charge in [0.05, 0.1) is 5.56 Å². The van der Waals surface area contributed by atoms with Crippen LogP contribution < -0.4 is 5.32 Å². The second-order valence-electron chi connectivity index (χ2n) is 2.55. The van der Waals surface area contributed by atoms with E-state index in [1.165, 1.54) is 18.3 Å². The highest BCUT2D eigenvalue weighted by Gasteiger charge is 2.10. The molecular weight excluding hydrogens is 183 g/mol. The van der Waals surface area contributed by atoms with E-state index >= 15 is 0 Å². The van der Waals surface area contributed by atoms with Gasteiger partial charge in [-0.05, 0) is 12.1 Å². The average molecular weight is 192 g/mol. The van der Waals surface area contributed by atoms with Crippen LogP contribution >= 0.6 is 0 Å². The van der Waals surface area contributed by atoms with Gasteiger partial charge in [-0.25, -0.2) is 4.98 Å². The number of hydrogen-bond acceptors (Lipinski definition) is 2. The van der Waals surface area contributed by atoms with Gasteiger partial charge in [0.25, 0.3) is 5.91 Å². The molecule has 0 aliphatic rings. The van der Waals surface area contributed by atoms with Gasteiger partial charge in [0.15, 0.2) is 0 Å². The molecule has 0 fully saturated rings. The Kier molecular flexibility index (Phi) is 3.62. The van der Waals surface area contributed by atoms with E-state index in [-0.39, 0.29) is 5.56 Å². The van der Waals surface area contributed by atoms with E-state index in [0.29, 0.717) is 13.0 Å². The fourth-order valence-electron chi connectivity index (χ4n) is 0.899. The van der Waals surface area contributed by atoms with Crippen LogP contribution in [0.2, 0.25) is 0 Å². The fraction of sp³-hybridized carbons (Fsp3) is 0.200. The maximum Gasteiger partial charge on any atom is 0.255 e. The second-order valence-corrected chi connectivity index (χ2v) is 2.55. The first kappa shape index (κ1) is 10.2. The highest BCUT2D eigenvalue weighted by molar-refractivity contribution is 5.94. The van der Waals surface area contributed by atoms with Crippen molar-refractivity contribution < 1.29 is 9.18 Å². The quantitative estimate of drug-likeness (QED) is 0.440. The minimum atomic E-state index is -0.772. The van der Waals surface area contributed by atoms with Gasteiger partial charge in [0, 0.05) is 19.2 Å². The lowest BCUT2D eigenvalue weighted by atomic mass is 10.2. The van der Waals surface area contributed by atoms with E-state index in [0.717, 1.165) is 0 Å². The minimum Gasteiger partial charge on any atom is -0.351 e. The van der Waals surface area contributed by atoms with Crippen molar-refractivity contribution in [2.45, 2.75) is 6.42 Å². The van der Waals surface area contributed by atoms with Gasteiger partial charge in [0.1, 0.15) is 0 Å². The fourth-order valence-corrected chi connectivity index (χ4v) is 0.899. The third kappa shape index (κ3) is 2.56. The normalized spacial score (nSPS) is 9.14. The summed E-state index contributed by atoms with van der Waals surface area (Å²) in [6.07, 6.45) is 6.71. The molecule has 0 spiro atoms. The first-order valence-corrected chi connectivity index (χ1v) is 4.08. The molecule has 3 nitrogen and oxygen atoms in total. The lowest BCUT2D eigenvalue weighted by Gasteiger charge is -2.02. The van der Waals surface area contributed by atoms with Crippen molar-refractivity contribution >= 4 is 5.91 Å². The molecule has 1 aromatic rings. The molecule has 0 atom stereocenters. The Morgan fingerprint density at radius 1 is 1.71 bits per heavy atom. The Labute approximate surface area is 81.4 Å². The van der Waals surface area contributed by atoms with Crippen molar-refractivity contribution in [1.82, 2.24) is 10.3 Å². The number of terminal acetylenes is 1. The molecular formula is C10H9FN2O. The highest BCUT2D eigenvalue weighted by atomic mass is 19.1. The summed E-state index contributed by atoms with van der Waals surface area (Å²) in [4.78, 5) is 14.6. The van der Waals surface area contributed by atoms with E-state index in [1.54, 1.807) is 0 Å². The number of carbonyl (C=O) groups excluding carboxylic acids is 1. The number of halogens is 1. The lowest BCUT2D eigenvalue weighted by molar-refractivity contribution is 0.0949. The van der Waals surface area contributed by atoms with Crippen LogP contribution in [-0.4, -0.2) is 17.4 Å². The summed E-state index contributed by atoms with van der Waals surface area (Å²) >= 11 is 0. The Morgan fingerprint density at radius 2 is 2.50 bits per heavy atom. The Balaban J connectivity index is 2.62. The molecule has 1 aromatic heterocycles. The van der Waals surface area contributed by atoms with Crippen LogP contribution in [-0.2, 0) is 0 Å². The Bertz CT molecular complexity index is 371. The number of carbonyl (C=O) groups is 1. The minimum absolute atomic E-state index is 0.0653. The molecule has 1 rings (SSSR count). The zero-order valence-electron chi connectivity index (χ0n) is 7.46. The van der Waals surface area contributed by atoms with Crippen molar-refractivity contribution in [3.8, 4) is 12.3 Å². The van der Waals surface area contributed by atoms with Gasteiger partial charge < -0.3 is 5.32 Å². The molecule has 0 aliphatic heterocycles. The number of hydrogen-bond donors (Lipinski definition) is 1. The van der Waals surface area contributed by atoms with Crippen LogP contribution in [0.3, 0.4) is 0 Å². The van der Waals surface area contributed by atoms with Crippen LogP contribution in [0, 0.1) is 18.3 Å². The molecule has 0 saturated carbocycles. The van der Waals surface area contributed by atoms with Crippen molar-refractivity contribution in [3.05, 3.63) is 29.8 Å². The standard InChI is InChI=1S/C10H9FN2O/c1-2-3-6-13-10(14)8-5-4-7-12-9(8)11/h1,4-5,7H,3,6H2,(H,13,14). The SMILES string of the molecule is C#CCCNC(=O)c1cccnc1F. The Morgan fingerprint density at radius 3 is 3.14 bits per heavy atom. The summed E-state index contributed by atoms with van der Waals surface area (Å²) in [5, 5.41) is 2.48. The topological polar surface area (TPSA) is 42.0 Å². The average Bonchev–Trinajstić information content (AvgIpc) is 2.18. The molecule has 0 bridgehead atoms. The van der Waals surface area contributed by atoms with Crippen LogP contribution in [0.5, 0.6) is 0 Å². The van der Waals surface area contributed by atoms with Crippen molar-refractivity contribution in [1.29, 1.82) is 0 Å². The number of aromatic nitrogens is 1. The third-order valence-electron chi connectivity index (χ3n) is 1.56. The molecule has 14 heavy (non-hydrogen) atoms. The predicted molar refractivity (Wildman–Crippen MR) is 50.0 cm³/mol. The molecule has 1 amide bonds. The first-order chi connectivity index (χ1) is 6.75. The molecule has 0 saturated heterocycles. The zero-order chi connectivity index (χ0) is 10.4. The number of amides is 1. The van der Waals surface area contributed by atoms with Gasteiger partial charge in [-0.1, -0.05) is 0 Å². The summed E-state index contributed by atoms with van der Waals surface area (Å²) < 4.78 is 12.9. The largest absolute Gasteiger partial charge is 0.351 e. The molecule has 0 aromatic carbocycles. The molecule has 72 valence electrons. The number of nitrogens with zero attached hydrogens (tertiary/aromatic N) is 1.